The molecule has 0 radical (unpaired) electrons. The first-order chi connectivity index (χ1) is 16.4. The van der Waals surface area contributed by atoms with E-state index in [1.807, 2.05) is 30.3 Å². The molecule has 1 saturated heterocycles. The average molecular weight is 458 g/mol. The summed E-state index contributed by atoms with van der Waals surface area (Å²) in [4.78, 5) is 30.6. The fourth-order valence-electron chi connectivity index (χ4n) is 4.14. The number of benzene rings is 2. The second-order valence-electron chi connectivity index (χ2n) is 8.56. The van der Waals surface area contributed by atoms with Gasteiger partial charge in [0.1, 0.15) is 22.8 Å². The zero-order valence-corrected chi connectivity index (χ0v) is 19.1. The molecule has 0 aliphatic carbocycles. The van der Waals surface area contributed by atoms with E-state index in [1.165, 1.54) is 6.08 Å². The molecule has 1 atom stereocenters. The Hall–Kier alpha value is -4.13. The predicted molar refractivity (Wildman–Crippen MR) is 129 cm³/mol. The molecule has 2 amide bonds. The van der Waals surface area contributed by atoms with E-state index in [1.54, 1.807) is 41.4 Å². The predicted octanol–water partition coefficient (Wildman–Crippen LogP) is 4.83. The van der Waals surface area contributed by atoms with Crippen LogP contribution in [-0.4, -0.2) is 34.8 Å². The minimum Gasteiger partial charge on any atom is -0.457 e. The second kappa shape index (κ2) is 9.79. The number of carbonyl (C=O) groups is 2. The Kier molecular flexibility index (Phi) is 6.63. The number of ether oxygens (including phenoxy) is 2. The van der Waals surface area contributed by atoms with Crippen LogP contribution in [0.1, 0.15) is 35.7 Å². The molecule has 7 nitrogen and oxygen atoms in total. The normalized spacial score (nSPS) is 17.6. The molecule has 34 heavy (non-hydrogen) atoms. The number of hydrogen-bond donors (Lipinski definition) is 1. The second-order valence-corrected chi connectivity index (χ2v) is 8.56. The van der Waals surface area contributed by atoms with Gasteiger partial charge in [-0.3, -0.25) is 9.59 Å². The van der Waals surface area contributed by atoms with Gasteiger partial charge in [0.25, 0.3) is 5.91 Å². The molecule has 1 aromatic heterocycles. The summed E-state index contributed by atoms with van der Waals surface area (Å²) in [6, 6.07) is 18.2. The summed E-state index contributed by atoms with van der Waals surface area (Å²) in [7, 11) is 0. The van der Waals surface area contributed by atoms with Gasteiger partial charge >= 0.3 is 0 Å². The molecule has 4 rings (SSSR count). The van der Waals surface area contributed by atoms with Crippen molar-refractivity contribution in [3.63, 3.8) is 0 Å². The molecule has 0 saturated carbocycles. The van der Waals surface area contributed by atoms with Crippen molar-refractivity contribution >= 4 is 11.8 Å². The molecule has 3 aromatic rings. The van der Waals surface area contributed by atoms with Gasteiger partial charge in [-0.2, -0.15) is 0 Å². The van der Waals surface area contributed by atoms with Gasteiger partial charge in [-0.05, 0) is 66.9 Å². The minimum absolute atomic E-state index is 0.103. The Morgan fingerprint density at radius 2 is 1.71 bits per heavy atom. The van der Waals surface area contributed by atoms with E-state index in [9.17, 15) is 9.59 Å². The summed E-state index contributed by atoms with van der Waals surface area (Å²) in [6.45, 7) is 6.84. The van der Waals surface area contributed by atoms with Crippen molar-refractivity contribution in [2.75, 3.05) is 13.1 Å². The average Bonchev–Trinajstić information content (AvgIpc) is 2.85. The zero-order chi connectivity index (χ0) is 24.1. The molecular formula is C27H27N3O4. The number of aromatic nitrogens is 1. The lowest BCUT2D eigenvalue weighted by Gasteiger charge is -2.40. The number of piperidine rings is 1. The number of rotatable bonds is 7. The highest BCUT2D eigenvalue weighted by molar-refractivity contribution is 5.95. The van der Waals surface area contributed by atoms with Gasteiger partial charge in [0.05, 0.1) is 0 Å². The summed E-state index contributed by atoms with van der Waals surface area (Å²) in [6.07, 6.45) is 4.72. The maximum absolute atomic E-state index is 12.2. The number of hydrogen-bond acceptors (Lipinski definition) is 5. The van der Waals surface area contributed by atoms with Crippen molar-refractivity contribution in [2.24, 2.45) is 5.73 Å². The van der Waals surface area contributed by atoms with Crippen LogP contribution in [0.25, 0.3) is 0 Å². The highest BCUT2D eigenvalue weighted by atomic mass is 16.5. The summed E-state index contributed by atoms with van der Waals surface area (Å²) in [5, 5.41) is 0. The number of para-hydroxylation sites is 1. The molecule has 0 spiro atoms. The number of carbonyl (C=O) groups excluding carboxylic acids is 2. The maximum Gasteiger partial charge on any atom is 0.254 e. The number of nitrogens with two attached hydrogens (primary N) is 1. The Labute approximate surface area is 198 Å². The third-order valence-electron chi connectivity index (χ3n) is 6.01. The van der Waals surface area contributed by atoms with Crippen LogP contribution < -0.4 is 15.2 Å². The third-order valence-corrected chi connectivity index (χ3v) is 6.01. The molecule has 1 aliphatic heterocycles. The monoisotopic (exact) mass is 457 g/mol. The molecule has 2 aromatic carbocycles. The molecule has 7 heteroatoms. The number of primary amides is 1. The lowest BCUT2D eigenvalue weighted by molar-refractivity contribution is -0.128. The Morgan fingerprint density at radius 1 is 1.06 bits per heavy atom. The third kappa shape index (κ3) is 5.09. The fraction of sp³-hybridized carbons (Fsp3) is 0.222. The van der Waals surface area contributed by atoms with Crippen LogP contribution in [0.3, 0.4) is 0 Å². The molecule has 1 aliphatic rings. The van der Waals surface area contributed by atoms with E-state index in [-0.39, 0.29) is 22.8 Å². The summed E-state index contributed by atoms with van der Waals surface area (Å²) in [5.74, 6) is 1.27. The Morgan fingerprint density at radius 3 is 2.35 bits per heavy atom. The molecule has 0 bridgehead atoms. The summed E-state index contributed by atoms with van der Waals surface area (Å²) in [5.41, 5.74) is 6.33. The minimum atomic E-state index is -0.633. The van der Waals surface area contributed by atoms with E-state index in [4.69, 9.17) is 15.2 Å². The number of nitrogens with zero attached hydrogens (tertiary/aromatic N) is 2. The molecule has 2 N–H and O–H groups in total. The van der Waals surface area contributed by atoms with Crippen molar-refractivity contribution in [1.29, 1.82) is 0 Å². The fourth-order valence-corrected chi connectivity index (χ4v) is 4.14. The summed E-state index contributed by atoms with van der Waals surface area (Å²) < 4.78 is 11.7. The van der Waals surface area contributed by atoms with Gasteiger partial charge in [-0.1, -0.05) is 31.7 Å². The highest BCUT2D eigenvalue weighted by Crippen LogP contribution is 2.36. The van der Waals surface area contributed by atoms with Crippen LogP contribution in [0.5, 0.6) is 23.1 Å². The van der Waals surface area contributed by atoms with Gasteiger partial charge in [0.15, 0.2) is 0 Å². The van der Waals surface area contributed by atoms with Crippen LogP contribution in [-0.2, 0) is 10.2 Å². The topological polar surface area (TPSA) is 94.8 Å². The van der Waals surface area contributed by atoms with E-state index < -0.39 is 5.91 Å². The smallest absolute Gasteiger partial charge is 0.254 e. The van der Waals surface area contributed by atoms with Crippen LogP contribution in [0.4, 0.5) is 0 Å². The van der Waals surface area contributed by atoms with Crippen molar-refractivity contribution in [3.8, 4) is 23.1 Å². The maximum atomic E-state index is 12.2. The van der Waals surface area contributed by atoms with Gasteiger partial charge in [-0.25, -0.2) is 4.98 Å². The SMILES string of the molecule is C=CC(=O)N1CCC[C@](C)(c2cnc(Oc3ccc(Oc4ccccc4)cc3)c(C(N)=O)c2)C1. The highest BCUT2D eigenvalue weighted by Gasteiger charge is 2.35. The van der Waals surface area contributed by atoms with E-state index in [2.05, 4.69) is 18.5 Å². The van der Waals surface area contributed by atoms with E-state index >= 15 is 0 Å². The first kappa shape index (κ1) is 23.0. The number of likely N-dealkylation sites (tertiary alicyclic amines) is 1. The standard InChI is InChI=1S/C27H27N3O4/c1-3-24(31)30-15-7-14-27(2,18-30)19-16-23(25(28)32)26(29-17-19)34-22-12-10-21(11-13-22)33-20-8-5-4-6-9-20/h3-6,8-13,16-17H,1,7,14-15,18H2,2H3,(H2,28,32)/t27-/m0/s1. The van der Waals surface area contributed by atoms with Crippen LogP contribution in [0.2, 0.25) is 0 Å². The molecule has 2 heterocycles. The van der Waals surface area contributed by atoms with Gasteiger partial charge in [0.2, 0.25) is 11.8 Å². The van der Waals surface area contributed by atoms with Crippen molar-refractivity contribution < 1.29 is 19.1 Å². The largest absolute Gasteiger partial charge is 0.457 e. The molecular weight excluding hydrogens is 430 g/mol. The Balaban J connectivity index is 1.53. The first-order valence-electron chi connectivity index (χ1n) is 11.1. The van der Waals surface area contributed by atoms with Gasteiger partial charge in [0, 0.05) is 24.7 Å². The van der Waals surface area contributed by atoms with Crippen molar-refractivity contribution in [3.05, 3.63) is 90.6 Å². The van der Waals surface area contributed by atoms with Gasteiger partial charge in [-0.15, -0.1) is 0 Å². The quantitative estimate of drug-likeness (QED) is 0.513. The zero-order valence-electron chi connectivity index (χ0n) is 19.1. The number of pyridine rings is 1. The Bertz CT molecular complexity index is 1190. The van der Waals surface area contributed by atoms with Crippen LogP contribution in [0.15, 0.2) is 79.5 Å². The van der Waals surface area contributed by atoms with Crippen LogP contribution >= 0.6 is 0 Å². The molecule has 1 fully saturated rings. The van der Waals surface area contributed by atoms with Crippen LogP contribution in [0, 0.1) is 0 Å². The van der Waals surface area contributed by atoms with Crippen molar-refractivity contribution in [2.45, 2.75) is 25.2 Å². The van der Waals surface area contributed by atoms with Crippen molar-refractivity contribution in [1.82, 2.24) is 9.88 Å². The number of amides is 2. The van der Waals surface area contributed by atoms with E-state index in [0.717, 1.165) is 24.2 Å². The molecule has 174 valence electrons. The first-order valence-corrected chi connectivity index (χ1v) is 11.1. The lowest BCUT2D eigenvalue weighted by Crippen LogP contribution is -2.46. The molecule has 0 unspecified atom stereocenters. The van der Waals surface area contributed by atoms with E-state index in [0.29, 0.717) is 24.6 Å². The summed E-state index contributed by atoms with van der Waals surface area (Å²) >= 11 is 0. The lowest BCUT2D eigenvalue weighted by atomic mass is 9.76. The van der Waals surface area contributed by atoms with Gasteiger partial charge < -0.3 is 20.1 Å².